The summed E-state index contributed by atoms with van der Waals surface area (Å²) in [6.07, 6.45) is 3.60. The van der Waals surface area contributed by atoms with Crippen molar-refractivity contribution in [1.29, 1.82) is 0 Å². The summed E-state index contributed by atoms with van der Waals surface area (Å²) >= 11 is 2.04. The standard InChI is InChI=1S/C13H23N5OS/c1-4-19-13-17-11(14-3)16-12(18-13)15-9-6-7-10(8-9)20-5-2/h9-10H,4-8H2,1-3H3,(H2,14,15,16,17,18). The fourth-order valence-corrected chi connectivity index (χ4v) is 3.51. The smallest absolute Gasteiger partial charge is 0.323 e. The molecule has 1 aliphatic rings. The van der Waals surface area contributed by atoms with E-state index in [1.807, 2.05) is 18.7 Å². The molecule has 7 heteroatoms. The molecular weight excluding hydrogens is 274 g/mol. The molecule has 112 valence electrons. The third-order valence-corrected chi connectivity index (χ3v) is 4.46. The second kappa shape index (κ2) is 7.52. The van der Waals surface area contributed by atoms with Crippen molar-refractivity contribution >= 4 is 23.7 Å². The lowest BCUT2D eigenvalue weighted by Crippen LogP contribution is -2.19. The zero-order valence-corrected chi connectivity index (χ0v) is 13.2. The van der Waals surface area contributed by atoms with E-state index in [0.717, 1.165) is 5.25 Å². The van der Waals surface area contributed by atoms with Crippen molar-refractivity contribution in [3.8, 4) is 6.01 Å². The van der Waals surface area contributed by atoms with Crippen LogP contribution in [-0.2, 0) is 0 Å². The van der Waals surface area contributed by atoms with Crippen LogP contribution in [-0.4, -0.2) is 45.7 Å². The van der Waals surface area contributed by atoms with Gasteiger partial charge in [0.05, 0.1) is 6.61 Å². The number of ether oxygens (including phenoxy) is 1. The van der Waals surface area contributed by atoms with E-state index in [4.69, 9.17) is 4.74 Å². The number of thioether (sulfide) groups is 1. The maximum absolute atomic E-state index is 5.37. The van der Waals surface area contributed by atoms with Gasteiger partial charge in [-0.3, -0.25) is 0 Å². The van der Waals surface area contributed by atoms with Crippen molar-refractivity contribution in [3.05, 3.63) is 0 Å². The van der Waals surface area contributed by atoms with Crippen molar-refractivity contribution in [2.75, 3.05) is 30.0 Å². The third kappa shape index (κ3) is 4.13. The topological polar surface area (TPSA) is 72.0 Å². The summed E-state index contributed by atoms with van der Waals surface area (Å²) in [6.45, 7) is 4.68. The SMILES string of the molecule is CCOc1nc(NC)nc(NC2CCC(SCC)C2)n1. The average Bonchev–Trinajstić information content (AvgIpc) is 2.86. The summed E-state index contributed by atoms with van der Waals surface area (Å²) in [7, 11) is 1.79. The van der Waals surface area contributed by atoms with Gasteiger partial charge in [-0.05, 0) is 31.9 Å². The second-order valence-corrected chi connectivity index (χ2v) is 6.26. The predicted molar refractivity (Wildman–Crippen MR) is 83.7 cm³/mol. The first-order chi connectivity index (χ1) is 9.75. The fourth-order valence-electron chi connectivity index (χ4n) is 2.37. The van der Waals surface area contributed by atoms with Crippen molar-refractivity contribution in [1.82, 2.24) is 15.0 Å². The molecule has 0 aliphatic heterocycles. The quantitative estimate of drug-likeness (QED) is 0.800. The molecule has 0 amide bonds. The molecule has 1 aliphatic carbocycles. The fraction of sp³-hybridized carbons (Fsp3) is 0.769. The van der Waals surface area contributed by atoms with Gasteiger partial charge >= 0.3 is 6.01 Å². The predicted octanol–water partition coefficient (Wildman–Crippen LogP) is 2.40. The Labute approximate surface area is 124 Å². The van der Waals surface area contributed by atoms with Crippen LogP contribution in [0.15, 0.2) is 0 Å². The van der Waals surface area contributed by atoms with Gasteiger partial charge in [-0.2, -0.15) is 26.7 Å². The lowest BCUT2D eigenvalue weighted by Gasteiger charge is -2.14. The summed E-state index contributed by atoms with van der Waals surface area (Å²) in [4.78, 5) is 12.8. The van der Waals surface area contributed by atoms with Gasteiger partial charge in [-0.25, -0.2) is 0 Å². The molecule has 2 N–H and O–H groups in total. The number of rotatable bonds is 7. The van der Waals surface area contributed by atoms with E-state index in [9.17, 15) is 0 Å². The Kier molecular flexibility index (Phi) is 5.70. The van der Waals surface area contributed by atoms with Gasteiger partial charge < -0.3 is 15.4 Å². The Bertz CT molecular complexity index is 431. The molecule has 0 bridgehead atoms. The van der Waals surface area contributed by atoms with Crippen LogP contribution in [0, 0.1) is 0 Å². The highest BCUT2D eigenvalue weighted by Crippen LogP contribution is 2.31. The monoisotopic (exact) mass is 297 g/mol. The second-order valence-electron chi connectivity index (χ2n) is 4.68. The minimum absolute atomic E-state index is 0.367. The molecule has 6 nitrogen and oxygen atoms in total. The Hall–Kier alpha value is -1.24. The van der Waals surface area contributed by atoms with Crippen LogP contribution < -0.4 is 15.4 Å². The molecule has 0 spiro atoms. The third-order valence-electron chi connectivity index (χ3n) is 3.23. The van der Waals surface area contributed by atoms with Crippen LogP contribution in [0.1, 0.15) is 33.1 Å². The first-order valence-electron chi connectivity index (χ1n) is 7.19. The molecule has 2 rings (SSSR count). The number of hydrogen-bond acceptors (Lipinski definition) is 7. The summed E-state index contributed by atoms with van der Waals surface area (Å²) in [5, 5.41) is 7.10. The van der Waals surface area contributed by atoms with Crippen LogP contribution in [0.4, 0.5) is 11.9 Å². The molecule has 1 heterocycles. The number of nitrogens with zero attached hydrogens (tertiary/aromatic N) is 3. The van der Waals surface area contributed by atoms with E-state index in [1.165, 1.54) is 25.0 Å². The molecule has 1 fully saturated rings. The Morgan fingerprint density at radius 2 is 2.00 bits per heavy atom. The average molecular weight is 297 g/mol. The van der Waals surface area contributed by atoms with Crippen molar-refractivity contribution < 1.29 is 4.74 Å². The largest absolute Gasteiger partial charge is 0.464 e. The maximum atomic E-state index is 5.37. The highest BCUT2D eigenvalue weighted by molar-refractivity contribution is 7.99. The van der Waals surface area contributed by atoms with Gasteiger partial charge in [0.15, 0.2) is 0 Å². The first kappa shape index (κ1) is 15.2. The summed E-state index contributed by atoms with van der Waals surface area (Å²) in [6, 6.07) is 0.812. The van der Waals surface area contributed by atoms with Crippen LogP contribution in [0.5, 0.6) is 6.01 Å². The molecule has 1 aromatic rings. The van der Waals surface area contributed by atoms with E-state index in [-0.39, 0.29) is 0 Å². The van der Waals surface area contributed by atoms with Crippen molar-refractivity contribution in [2.24, 2.45) is 0 Å². The highest BCUT2D eigenvalue weighted by atomic mass is 32.2. The van der Waals surface area contributed by atoms with Gasteiger partial charge in [0, 0.05) is 18.3 Å². The van der Waals surface area contributed by atoms with E-state index in [2.05, 4.69) is 32.5 Å². The lowest BCUT2D eigenvalue weighted by atomic mass is 10.2. The Balaban J connectivity index is 1.99. The lowest BCUT2D eigenvalue weighted by molar-refractivity contribution is 0.312. The highest BCUT2D eigenvalue weighted by Gasteiger charge is 2.25. The van der Waals surface area contributed by atoms with Gasteiger partial charge in [0.2, 0.25) is 11.9 Å². The number of nitrogens with one attached hydrogen (secondary N) is 2. The van der Waals surface area contributed by atoms with Crippen LogP contribution in [0.3, 0.4) is 0 Å². The van der Waals surface area contributed by atoms with Gasteiger partial charge in [0.1, 0.15) is 0 Å². The van der Waals surface area contributed by atoms with E-state index < -0.39 is 0 Å². The zero-order valence-electron chi connectivity index (χ0n) is 12.3. The molecule has 0 radical (unpaired) electrons. The Morgan fingerprint density at radius 3 is 2.70 bits per heavy atom. The molecule has 1 aromatic heterocycles. The molecule has 1 saturated carbocycles. The minimum atomic E-state index is 0.367. The van der Waals surface area contributed by atoms with E-state index >= 15 is 0 Å². The first-order valence-corrected chi connectivity index (χ1v) is 8.24. The van der Waals surface area contributed by atoms with Gasteiger partial charge in [0.25, 0.3) is 0 Å². The summed E-state index contributed by atoms with van der Waals surface area (Å²) < 4.78 is 5.37. The number of anilines is 2. The maximum Gasteiger partial charge on any atom is 0.323 e. The van der Waals surface area contributed by atoms with Gasteiger partial charge in [-0.15, -0.1) is 0 Å². The molecule has 0 saturated heterocycles. The Morgan fingerprint density at radius 1 is 1.20 bits per heavy atom. The normalized spacial score (nSPS) is 21.8. The number of hydrogen-bond donors (Lipinski definition) is 2. The van der Waals surface area contributed by atoms with Crippen molar-refractivity contribution in [3.63, 3.8) is 0 Å². The zero-order chi connectivity index (χ0) is 14.4. The molecule has 20 heavy (non-hydrogen) atoms. The van der Waals surface area contributed by atoms with Crippen LogP contribution in [0.2, 0.25) is 0 Å². The van der Waals surface area contributed by atoms with E-state index in [1.54, 1.807) is 7.05 Å². The molecule has 2 unspecified atom stereocenters. The molecule has 0 aromatic carbocycles. The molecule has 2 atom stereocenters. The van der Waals surface area contributed by atoms with Crippen molar-refractivity contribution in [2.45, 2.75) is 44.4 Å². The summed E-state index contributed by atoms with van der Waals surface area (Å²) in [5.74, 6) is 2.31. The van der Waals surface area contributed by atoms with E-state index in [0.29, 0.717) is 30.6 Å². The van der Waals surface area contributed by atoms with Crippen LogP contribution >= 0.6 is 11.8 Å². The minimum Gasteiger partial charge on any atom is -0.464 e. The van der Waals surface area contributed by atoms with Gasteiger partial charge in [-0.1, -0.05) is 6.92 Å². The molecular formula is C13H23N5OS. The van der Waals surface area contributed by atoms with Crippen LogP contribution in [0.25, 0.3) is 0 Å². The number of aromatic nitrogens is 3. The summed E-state index contributed by atoms with van der Waals surface area (Å²) in [5.41, 5.74) is 0.